The summed E-state index contributed by atoms with van der Waals surface area (Å²) in [7, 11) is 0. The number of hydrogen-bond acceptors (Lipinski definition) is 1. The monoisotopic (exact) mass is 192 g/mol. The van der Waals surface area contributed by atoms with Crippen LogP contribution in [0, 0.1) is 0 Å². The number of hydrogen-bond donors (Lipinski definition) is 0. The Morgan fingerprint density at radius 3 is 2.33 bits per heavy atom. The average Bonchev–Trinajstić information content (AvgIpc) is 2.81. The Morgan fingerprint density at radius 1 is 1.33 bits per heavy atom. The van der Waals surface area contributed by atoms with Gasteiger partial charge in [0.2, 0.25) is 0 Å². The second-order valence-corrected chi connectivity index (χ2v) is 5.65. The summed E-state index contributed by atoms with van der Waals surface area (Å²) in [6, 6.07) is 0. The van der Waals surface area contributed by atoms with E-state index in [9.17, 15) is 0 Å². The Balaban J connectivity index is 0.000000127. The van der Waals surface area contributed by atoms with Crippen molar-refractivity contribution in [3.63, 3.8) is 0 Å². The van der Waals surface area contributed by atoms with E-state index in [1.54, 1.807) is 1.67 Å². The van der Waals surface area contributed by atoms with Gasteiger partial charge in [0.05, 0.1) is 0 Å². The molecule has 0 amide bonds. The molecule has 0 atom stereocenters. The van der Waals surface area contributed by atoms with Crippen LogP contribution in [0.25, 0.3) is 0 Å². The summed E-state index contributed by atoms with van der Waals surface area (Å²) in [5.41, 5.74) is 0. The van der Waals surface area contributed by atoms with Crippen molar-refractivity contribution < 1.29 is 4.74 Å². The van der Waals surface area contributed by atoms with Gasteiger partial charge in [-0.05, 0) is 12.8 Å². The molecule has 2 aliphatic rings. The third-order valence-electron chi connectivity index (χ3n) is 2.13. The van der Waals surface area contributed by atoms with E-state index >= 15 is 0 Å². The fraction of sp³-hybridized carbons (Fsp3) is 0.600. The van der Waals surface area contributed by atoms with E-state index in [0.717, 1.165) is 13.2 Å². The van der Waals surface area contributed by atoms with E-state index in [4.69, 9.17) is 4.74 Å². The van der Waals surface area contributed by atoms with Gasteiger partial charge >= 0.3 is 63.2 Å². The molecule has 0 unspecified atom stereocenters. The van der Waals surface area contributed by atoms with Crippen LogP contribution in [0.2, 0.25) is 3.02 Å². The van der Waals surface area contributed by atoms with Gasteiger partial charge in [-0.2, -0.15) is 0 Å². The van der Waals surface area contributed by atoms with Crippen molar-refractivity contribution >= 4 is 33.8 Å². The molecule has 0 radical (unpaired) electrons. The SMILES string of the molecule is C1CCOC1.[CH3][Ca][C]1=CC=CC1. The summed E-state index contributed by atoms with van der Waals surface area (Å²) in [5, 5.41) is 0. The Kier molecular flexibility index (Phi) is 6.41. The predicted molar refractivity (Wildman–Crippen MR) is 53.5 cm³/mol. The Bertz CT molecular complexity index is 161. The standard InChI is InChI=1S/C5H5.C4H8O.CH3.Ca/c2*1-2-4-5-3-1;;/h1-3H,4H2;1-4H2;1H3;. The molecule has 0 bridgehead atoms. The van der Waals surface area contributed by atoms with Crippen molar-refractivity contribution in [2.75, 3.05) is 13.2 Å². The molecule has 1 nitrogen and oxygen atoms in total. The van der Waals surface area contributed by atoms with Crippen molar-refractivity contribution in [2.45, 2.75) is 22.3 Å². The van der Waals surface area contributed by atoms with Crippen LogP contribution in [0.1, 0.15) is 19.3 Å². The van der Waals surface area contributed by atoms with Gasteiger partial charge in [-0.1, -0.05) is 0 Å². The predicted octanol–water partition coefficient (Wildman–Crippen LogP) is 2.38. The van der Waals surface area contributed by atoms with Crippen LogP contribution in [0.15, 0.2) is 19.9 Å². The van der Waals surface area contributed by atoms with E-state index < -0.39 is 0 Å². The van der Waals surface area contributed by atoms with Gasteiger partial charge < -0.3 is 4.74 Å². The molecule has 1 saturated heterocycles. The fourth-order valence-electron chi connectivity index (χ4n) is 1.26. The van der Waals surface area contributed by atoms with Gasteiger partial charge in [-0.25, -0.2) is 0 Å². The molecule has 0 aromatic carbocycles. The molecule has 64 valence electrons. The topological polar surface area (TPSA) is 9.23 Å². The van der Waals surface area contributed by atoms with Crippen LogP contribution >= 0.6 is 0 Å². The molecule has 1 aliphatic heterocycles. The second-order valence-electron chi connectivity index (χ2n) is 3.13. The first-order valence-corrected chi connectivity index (χ1v) is 8.17. The molecule has 1 aliphatic carbocycles. The molecule has 1 fully saturated rings. The second kappa shape index (κ2) is 7.14. The minimum absolute atomic E-state index is 0.170. The van der Waals surface area contributed by atoms with Crippen molar-refractivity contribution in [2.24, 2.45) is 0 Å². The third kappa shape index (κ3) is 4.66. The summed E-state index contributed by atoms with van der Waals surface area (Å²) >= 11 is -0.170. The van der Waals surface area contributed by atoms with Gasteiger partial charge in [0, 0.05) is 13.2 Å². The summed E-state index contributed by atoms with van der Waals surface area (Å²) in [6.07, 6.45) is 10.5. The Labute approximate surface area is 93.2 Å². The van der Waals surface area contributed by atoms with Gasteiger partial charge in [0.25, 0.3) is 0 Å². The summed E-state index contributed by atoms with van der Waals surface area (Å²) in [6.45, 7) is 2.00. The molecule has 0 N–H and O–H groups in total. The molecular weight excluding hydrogens is 176 g/mol. The zero-order chi connectivity index (χ0) is 8.65. The third-order valence-corrected chi connectivity index (χ3v) is 4.37. The van der Waals surface area contributed by atoms with Crippen molar-refractivity contribution in [3.05, 3.63) is 19.9 Å². The molecule has 0 spiro atoms. The molecule has 0 aromatic heterocycles. The van der Waals surface area contributed by atoms with Crippen LogP contribution < -0.4 is 0 Å². The zero-order valence-electron chi connectivity index (χ0n) is 7.88. The van der Waals surface area contributed by atoms with Crippen LogP contribution in [0.4, 0.5) is 0 Å². The van der Waals surface area contributed by atoms with Crippen molar-refractivity contribution in [1.29, 1.82) is 0 Å². The maximum atomic E-state index is 4.94. The first-order chi connectivity index (χ1) is 5.93. The molecule has 0 saturated carbocycles. The summed E-state index contributed by atoms with van der Waals surface area (Å²) in [4.78, 5) is 0. The molecule has 2 rings (SSSR count). The zero-order valence-corrected chi connectivity index (χ0v) is 10.1. The fourth-order valence-corrected chi connectivity index (χ4v) is 2.56. The quantitative estimate of drug-likeness (QED) is 0.580. The summed E-state index contributed by atoms with van der Waals surface area (Å²) in [5.74, 6) is 0. The van der Waals surface area contributed by atoms with E-state index in [-0.39, 0.29) is 33.8 Å². The van der Waals surface area contributed by atoms with Crippen molar-refractivity contribution in [1.82, 2.24) is 0 Å². The molecule has 2 heteroatoms. The van der Waals surface area contributed by atoms with Crippen molar-refractivity contribution in [3.8, 4) is 0 Å². The van der Waals surface area contributed by atoms with Gasteiger partial charge in [-0.15, -0.1) is 0 Å². The number of rotatable bonds is 1. The van der Waals surface area contributed by atoms with Gasteiger partial charge in [-0.3, -0.25) is 0 Å². The first-order valence-electron chi connectivity index (χ1n) is 4.86. The molecule has 0 aromatic rings. The average molecular weight is 192 g/mol. The van der Waals surface area contributed by atoms with E-state index in [1.165, 1.54) is 19.3 Å². The normalized spacial score (nSPS) is 19.6. The first kappa shape index (κ1) is 10.8. The van der Waals surface area contributed by atoms with Crippen LogP contribution in [0.5, 0.6) is 0 Å². The molecule has 12 heavy (non-hydrogen) atoms. The minimum atomic E-state index is -0.170. The van der Waals surface area contributed by atoms with E-state index in [1.807, 2.05) is 0 Å². The van der Waals surface area contributed by atoms with Gasteiger partial charge in [0.1, 0.15) is 0 Å². The van der Waals surface area contributed by atoms with E-state index in [0.29, 0.717) is 0 Å². The van der Waals surface area contributed by atoms with Crippen LogP contribution in [-0.4, -0.2) is 47.1 Å². The maximum absolute atomic E-state index is 4.94. The van der Waals surface area contributed by atoms with Gasteiger partial charge in [0.15, 0.2) is 0 Å². The number of ether oxygens (including phenoxy) is 1. The Hall–Kier alpha value is 0.700. The molecule has 1 heterocycles. The van der Waals surface area contributed by atoms with Crippen LogP contribution in [-0.2, 0) is 4.74 Å². The summed E-state index contributed by atoms with van der Waals surface area (Å²) < 4.78 is 9.07. The number of allylic oxidation sites excluding steroid dienone is 4. The van der Waals surface area contributed by atoms with E-state index in [2.05, 4.69) is 21.2 Å². The Morgan fingerprint density at radius 2 is 2.08 bits per heavy atom. The molecular formula is C10H16CaO. The van der Waals surface area contributed by atoms with Crippen LogP contribution in [0.3, 0.4) is 0 Å².